The average Bonchev–Trinajstić information content (AvgIpc) is 1.95. The second-order valence-corrected chi connectivity index (χ2v) is 3.20. The molecule has 72 valence electrons. The maximum Gasteiger partial charge on any atom is 0.303 e. The first kappa shape index (κ1) is 11.4. The Morgan fingerprint density at radius 2 is 1.83 bits per heavy atom. The van der Waals surface area contributed by atoms with Crippen LogP contribution in [0.25, 0.3) is 0 Å². The lowest BCUT2D eigenvalue weighted by atomic mass is 10.1. The number of hydrogen-bond acceptors (Lipinski definition) is 2. The summed E-state index contributed by atoms with van der Waals surface area (Å²) < 4.78 is 0. The van der Waals surface area contributed by atoms with E-state index in [0.29, 0.717) is 0 Å². The van der Waals surface area contributed by atoms with Gasteiger partial charge in [-0.2, -0.15) is 0 Å². The molecule has 0 unspecified atom stereocenters. The minimum Gasteiger partial charge on any atom is -0.481 e. The summed E-state index contributed by atoms with van der Waals surface area (Å²) in [6.45, 7) is 1.78. The lowest BCUT2D eigenvalue weighted by Gasteiger charge is -2.02. The number of hydrogen-bond donors (Lipinski definition) is 2. The van der Waals surface area contributed by atoms with Gasteiger partial charge < -0.3 is 10.2 Å². The van der Waals surface area contributed by atoms with Crippen LogP contribution in [0.4, 0.5) is 0 Å². The molecule has 0 amide bonds. The second kappa shape index (κ2) is 7.10. The Bertz CT molecular complexity index is 121. The molecule has 0 aromatic carbocycles. The van der Waals surface area contributed by atoms with E-state index in [4.69, 9.17) is 10.2 Å². The summed E-state index contributed by atoms with van der Waals surface area (Å²) in [5.74, 6) is -0.717. The van der Waals surface area contributed by atoms with E-state index in [-0.39, 0.29) is 12.5 Å². The maximum absolute atomic E-state index is 10.1. The van der Waals surface area contributed by atoms with E-state index in [1.54, 1.807) is 6.92 Å². The molecule has 0 aromatic heterocycles. The zero-order valence-corrected chi connectivity index (χ0v) is 7.62. The molecule has 3 nitrogen and oxygen atoms in total. The SMILES string of the molecule is C[C@H](O)CCCCCCC(=O)O. The third-order valence-corrected chi connectivity index (χ3v) is 1.76. The van der Waals surface area contributed by atoms with Crippen LogP contribution in [-0.2, 0) is 4.79 Å². The molecule has 0 aliphatic heterocycles. The number of carboxylic acids is 1. The van der Waals surface area contributed by atoms with Crippen LogP contribution in [0.15, 0.2) is 0 Å². The van der Waals surface area contributed by atoms with Gasteiger partial charge in [-0.05, 0) is 19.8 Å². The summed E-state index contributed by atoms with van der Waals surface area (Å²) >= 11 is 0. The number of rotatable bonds is 7. The highest BCUT2D eigenvalue weighted by Gasteiger charge is 1.97. The zero-order chi connectivity index (χ0) is 9.40. The van der Waals surface area contributed by atoms with Crippen molar-refractivity contribution in [3.63, 3.8) is 0 Å². The largest absolute Gasteiger partial charge is 0.481 e. The number of unbranched alkanes of at least 4 members (excludes halogenated alkanes) is 3. The fourth-order valence-electron chi connectivity index (χ4n) is 1.07. The van der Waals surface area contributed by atoms with Crippen molar-refractivity contribution in [2.45, 2.75) is 51.6 Å². The van der Waals surface area contributed by atoms with E-state index >= 15 is 0 Å². The number of aliphatic hydroxyl groups is 1. The molecule has 0 radical (unpaired) electrons. The summed E-state index contributed by atoms with van der Waals surface area (Å²) in [5.41, 5.74) is 0. The van der Waals surface area contributed by atoms with Gasteiger partial charge in [0.05, 0.1) is 6.10 Å². The van der Waals surface area contributed by atoms with E-state index in [2.05, 4.69) is 0 Å². The molecule has 0 saturated heterocycles. The van der Waals surface area contributed by atoms with E-state index in [9.17, 15) is 4.79 Å². The van der Waals surface area contributed by atoms with Crippen LogP contribution in [0.5, 0.6) is 0 Å². The van der Waals surface area contributed by atoms with Gasteiger partial charge in [-0.1, -0.05) is 19.3 Å². The van der Waals surface area contributed by atoms with Crippen LogP contribution in [0.2, 0.25) is 0 Å². The number of carbonyl (C=O) groups is 1. The summed E-state index contributed by atoms with van der Waals surface area (Å²) in [6.07, 6.45) is 4.62. The first-order valence-corrected chi connectivity index (χ1v) is 4.53. The van der Waals surface area contributed by atoms with Gasteiger partial charge in [0.2, 0.25) is 0 Å². The monoisotopic (exact) mass is 174 g/mol. The van der Waals surface area contributed by atoms with Crippen molar-refractivity contribution in [3.8, 4) is 0 Å². The molecule has 0 saturated carbocycles. The van der Waals surface area contributed by atoms with Crippen LogP contribution >= 0.6 is 0 Å². The predicted molar refractivity (Wildman–Crippen MR) is 47.0 cm³/mol. The molecule has 1 atom stereocenters. The third-order valence-electron chi connectivity index (χ3n) is 1.76. The first-order chi connectivity index (χ1) is 5.63. The van der Waals surface area contributed by atoms with E-state index < -0.39 is 5.97 Å². The van der Waals surface area contributed by atoms with Gasteiger partial charge in [-0.3, -0.25) is 4.79 Å². The molecule has 0 aliphatic carbocycles. The molecule has 0 bridgehead atoms. The first-order valence-electron chi connectivity index (χ1n) is 4.53. The van der Waals surface area contributed by atoms with E-state index in [1.807, 2.05) is 0 Å². The highest BCUT2D eigenvalue weighted by atomic mass is 16.4. The molecule has 0 aromatic rings. The Hall–Kier alpha value is -0.570. The smallest absolute Gasteiger partial charge is 0.303 e. The summed E-state index contributed by atoms with van der Waals surface area (Å²) in [5, 5.41) is 17.2. The standard InChI is InChI=1S/C9H18O3/c1-8(10)6-4-2-3-5-7-9(11)12/h8,10H,2-7H2,1H3,(H,11,12)/t8-/m0/s1. The topological polar surface area (TPSA) is 57.5 Å². The van der Waals surface area contributed by atoms with Gasteiger partial charge in [-0.25, -0.2) is 0 Å². The molecule has 0 aliphatic rings. The minimum absolute atomic E-state index is 0.218. The summed E-state index contributed by atoms with van der Waals surface area (Å²) in [6, 6.07) is 0. The van der Waals surface area contributed by atoms with Crippen LogP contribution in [0.3, 0.4) is 0 Å². The molecule has 0 fully saturated rings. The van der Waals surface area contributed by atoms with Crippen molar-refractivity contribution in [1.29, 1.82) is 0 Å². The highest BCUT2D eigenvalue weighted by Crippen LogP contribution is 2.06. The molecule has 12 heavy (non-hydrogen) atoms. The zero-order valence-electron chi connectivity index (χ0n) is 7.62. The lowest BCUT2D eigenvalue weighted by Crippen LogP contribution is -1.98. The quantitative estimate of drug-likeness (QED) is 0.578. The van der Waals surface area contributed by atoms with E-state index in [0.717, 1.165) is 32.1 Å². The van der Waals surface area contributed by atoms with Crippen molar-refractivity contribution in [2.24, 2.45) is 0 Å². The van der Waals surface area contributed by atoms with Gasteiger partial charge >= 0.3 is 5.97 Å². The third kappa shape index (κ3) is 9.43. The van der Waals surface area contributed by atoms with Crippen LogP contribution in [0.1, 0.15) is 45.4 Å². The second-order valence-electron chi connectivity index (χ2n) is 3.20. The number of aliphatic carboxylic acids is 1. The normalized spacial score (nSPS) is 12.8. The summed E-state index contributed by atoms with van der Waals surface area (Å²) in [4.78, 5) is 10.1. The Morgan fingerprint density at radius 1 is 1.25 bits per heavy atom. The molecule has 2 N–H and O–H groups in total. The summed E-state index contributed by atoms with van der Waals surface area (Å²) in [7, 11) is 0. The fraction of sp³-hybridized carbons (Fsp3) is 0.889. The van der Waals surface area contributed by atoms with E-state index in [1.165, 1.54) is 0 Å². The van der Waals surface area contributed by atoms with Crippen molar-refractivity contribution in [2.75, 3.05) is 0 Å². The maximum atomic E-state index is 10.1. The van der Waals surface area contributed by atoms with Crippen molar-refractivity contribution in [1.82, 2.24) is 0 Å². The lowest BCUT2D eigenvalue weighted by molar-refractivity contribution is -0.137. The van der Waals surface area contributed by atoms with Crippen LogP contribution in [0, 0.1) is 0 Å². The van der Waals surface area contributed by atoms with Crippen molar-refractivity contribution >= 4 is 5.97 Å². The Morgan fingerprint density at radius 3 is 2.33 bits per heavy atom. The number of carboxylic acid groups (broad SMARTS) is 1. The van der Waals surface area contributed by atoms with Gasteiger partial charge in [0.25, 0.3) is 0 Å². The molecular formula is C9H18O3. The minimum atomic E-state index is -0.717. The van der Waals surface area contributed by atoms with Crippen molar-refractivity contribution in [3.05, 3.63) is 0 Å². The molecule has 0 heterocycles. The molecule has 3 heteroatoms. The highest BCUT2D eigenvalue weighted by molar-refractivity contribution is 5.66. The van der Waals surface area contributed by atoms with Gasteiger partial charge in [0.1, 0.15) is 0 Å². The Kier molecular flexibility index (Phi) is 6.76. The van der Waals surface area contributed by atoms with Gasteiger partial charge in [0.15, 0.2) is 0 Å². The molecule has 0 rings (SSSR count). The van der Waals surface area contributed by atoms with Gasteiger partial charge in [0, 0.05) is 6.42 Å². The van der Waals surface area contributed by atoms with Crippen LogP contribution < -0.4 is 0 Å². The average molecular weight is 174 g/mol. The molecule has 0 spiro atoms. The van der Waals surface area contributed by atoms with Crippen LogP contribution in [-0.4, -0.2) is 22.3 Å². The predicted octanol–water partition coefficient (Wildman–Crippen LogP) is 1.79. The fourth-order valence-corrected chi connectivity index (χ4v) is 1.07. The van der Waals surface area contributed by atoms with Crippen molar-refractivity contribution < 1.29 is 15.0 Å². The molecular weight excluding hydrogens is 156 g/mol. The number of aliphatic hydroxyl groups excluding tert-OH is 1. The Labute approximate surface area is 73.4 Å². The Balaban J connectivity index is 2.96. The van der Waals surface area contributed by atoms with Gasteiger partial charge in [-0.15, -0.1) is 0 Å².